The Labute approximate surface area is 119 Å². The normalized spacial score (nSPS) is 22.1. The molecule has 1 aromatic rings. The highest BCUT2D eigenvalue weighted by molar-refractivity contribution is 5.95. The number of benzene rings is 1. The molecule has 1 aliphatic heterocycles. The molecule has 1 aliphatic rings. The molecule has 1 saturated heterocycles. The average molecular weight is 304 g/mol. The second kappa shape index (κ2) is 6.77. The highest BCUT2D eigenvalue weighted by Gasteiger charge is 2.28. The van der Waals surface area contributed by atoms with Crippen LogP contribution in [0.1, 0.15) is 6.92 Å². The second-order valence-electron chi connectivity index (χ2n) is 4.52. The molecule has 1 aromatic carbocycles. The highest BCUT2D eigenvalue weighted by atomic mass is 19.3. The maximum Gasteiger partial charge on any atom is 0.387 e. The van der Waals surface area contributed by atoms with Crippen molar-refractivity contribution in [3.63, 3.8) is 0 Å². The molecule has 116 valence electrons. The van der Waals surface area contributed by atoms with Crippen molar-refractivity contribution in [3.05, 3.63) is 24.0 Å². The molecule has 2 atom stereocenters. The second-order valence-corrected chi connectivity index (χ2v) is 4.52. The van der Waals surface area contributed by atoms with Crippen LogP contribution >= 0.6 is 0 Å². The van der Waals surface area contributed by atoms with Crippen molar-refractivity contribution in [2.75, 3.05) is 18.5 Å². The van der Waals surface area contributed by atoms with Crippen LogP contribution < -0.4 is 15.4 Å². The molecule has 1 heterocycles. The van der Waals surface area contributed by atoms with Gasteiger partial charge in [-0.2, -0.15) is 8.78 Å². The van der Waals surface area contributed by atoms with E-state index in [4.69, 9.17) is 4.74 Å². The number of carbonyl (C=O) groups is 1. The van der Waals surface area contributed by atoms with Crippen LogP contribution in [0, 0.1) is 5.82 Å². The number of anilines is 1. The molecule has 0 unspecified atom stereocenters. The van der Waals surface area contributed by atoms with Gasteiger partial charge in [-0.25, -0.2) is 4.39 Å². The standard InChI is InChI=1S/C13H15F3N2O3/c1-7-11(17-4-5-20-7)12(19)18-8-2-3-10(9(14)6-8)21-13(15)16/h2-3,6-7,11,13,17H,4-5H2,1H3,(H,18,19)/t7-,11+/m1/s1. The largest absolute Gasteiger partial charge is 0.432 e. The first-order valence-corrected chi connectivity index (χ1v) is 6.37. The number of rotatable bonds is 4. The Morgan fingerprint density at radius 2 is 2.29 bits per heavy atom. The van der Waals surface area contributed by atoms with E-state index in [1.807, 2.05) is 0 Å². The number of morpholine rings is 1. The molecule has 0 aromatic heterocycles. The molecular formula is C13H15F3N2O3. The third-order valence-corrected chi connectivity index (χ3v) is 3.01. The zero-order chi connectivity index (χ0) is 15.4. The number of ether oxygens (including phenoxy) is 2. The van der Waals surface area contributed by atoms with Crippen molar-refractivity contribution in [1.29, 1.82) is 0 Å². The molecule has 5 nitrogen and oxygen atoms in total. The quantitative estimate of drug-likeness (QED) is 0.889. The zero-order valence-electron chi connectivity index (χ0n) is 11.2. The molecule has 0 bridgehead atoms. The van der Waals surface area contributed by atoms with Gasteiger partial charge in [0.15, 0.2) is 11.6 Å². The van der Waals surface area contributed by atoms with Gasteiger partial charge in [-0.1, -0.05) is 0 Å². The summed E-state index contributed by atoms with van der Waals surface area (Å²) < 4.78 is 46.9. The third-order valence-electron chi connectivity index (χ3n) is 3.01. The van der Waals surface area contributed by atoms with Crippen LogP contribution in [0.4, 0.5) is 18.9 Å². The lowest BCUT2D eigenvalue weighted by atomic mass is 10.1. The third kappa shape index (κ3) is 4.08. The van der Waals surface area contributed by atoms with Crippen molar-refractivity contribution in [2.24, 2.45) is 0 Å². The summed E-state index contributed by atoms with van der Waals surface area (Å²) >= 11 is 0. The van der Waals surface area contributed by atoms with E-state index in [-0.39, 0.29) is 17.7 Å². The predicted octanol–water partition coefficient (Wildman–Crippen LogP) is 1.74. The summed E-state index contributed by atoms with van der Waals surface area (Å²) in [4.78, 5) is 12.0. The topological polar surface area (TPSA) is 59.6 Å². The number of hydrogen-bond donors (Lipinski definition) is 2. The molecule has 8 heteroatoms. The Hall–Kier alpha value is -1.80. The Bertz CT molecular complexity index is 513. The monoisotopic (exact) mass is 304 g/mol. The predicted molar refractivity (Wildman–Crippen MR) is 68.9 cm³/mol. The summed E-state index contributed by atoms with van der Waals surface area (Å²) in [6.07, 6.45) is -0.315. The molecular weight excluding hydrogens is 289 g/mol. The van der Waals surface area contributed by atoms with E-state index in [9.17, 15) is 18.0 Å². The summed E-state index contributed by atoms with van der Waals surface area (Å²) in [5.74, 6) is -1.94. The van der Waals surface area contributed by atoms with E-state index >= 15 is 0 Å². The fourth-order valence-corrected chi connectivity index (χ4v) is 2.02. The van der Waals surface area contributed by atoms with Gasteiger partial charge >= 0.3 is 6.61 Å². The molecule has 0 radical (unpaired) electrons. The van der Waals surface area contributed by atoms with Gasteiger partial charge in [0.2, 0.25) is 5.91 Å². The first-order valence-electron chi connectivity index (χ1n) is 6.37. The van der Waals surface area contributed by atoms with Crippen LogP contribution in [0.25, 0.3) is 0 Å². The molecule has 0 aliphatic carbocycles. The number of amides is 1. The fraction of sp³-hybridized carbons (Fsp3) is 0.462. The molecule has 1 amide bonds. The number of nitrogens with one attached hydrogen (secondary N) is 2. The lowest BCUT2D eigenvalue weighted by Gasteiger charge is -2.29. The Morgan fingerprint density at radius 1 is 1.52 bits per heavy atom. The molecule has 21 heavy (non-hydrogen) atoms. The minimum absolute atomic E-state index is 0.152. The van der Waals surface area contributed by atoms with Crippen LogP contribution in [-0.2, 0) is 9.53 Å². The molecule has 0 saturated carbocycles. The molecule has 1 fully saturated rings. The van der Waals surface area contributed by atoms with E-state index in [2.05, 4.69) is 15.4 Å². The van der Waals surface area contributed by atoms with Crippen LogP contribution in [-0.4, -0.2) is 37.8 Å². The SMILES string of the molecule is C[C@H]1OCCN[C@@H]1C(=O)Nc1ccc(OC(F)F)c(F)c1. The van der Waals surface area contributed by atoms with E-state index in [1.54, 1.807) is 6.92 Å². The van der Waals surface area contributed by atoms with Crippen molar-refractivity contribution < 1.29 is 27.4 Å². The van der Waals surface area contributed by atoms with E-state index in [0.717, 1.165) is 12.1 Å². The van der Waals surface area contributed by atoms with Crippen LogP contribution in [0.5, 0.6) is 5.75 Å². The van der Waals surface area contributed by atoms with Crippen LogP contribution in [0.2, 0.25) is 0 Å². The molecule has 0 spiro atoms. The number of alkyl halides is 2. The van der Waals surface area contributed by atoms with Crippen LogP contribution in [0.15, 0.2) is 18.2 Å². The van der Waals surface area contributed by atoms with Gasteiger partial charge in [-0.3, -0.25) is 4.79 Å². The highest BCUT2D eigenvalue weighted by Crippen LogP contribution is 2.23. The van der Waals surface area contributed by atoms with Gasteiger partial charge in [0, 0.05) is 18.3 Å². The first kappa shape index (κ1) is 15.6. The van der Waals surface area contributed by atoms with Gasteiger partial charge in [0.25, 0.3) is 0 Å². The van der Waals surface area contributed by atoms with Gasteiger partial charge in [0.1, 0.15) is 6.04 Å². The van der Waals surface area contributed by atoms with Crippen molar-refractivity contribution in [3.8, 4) is 5.75 Å². The van der Waals surface area contributed by atoms with Gasteiger partial charge in [-0.05, 0) is 19.1 Å². The Kier molecular flexibility index (Phi) is 5.03. The Morgan fingerprint density at radius 3 is 2.90 bits per heavy atom. The maximum atomic E-state index is 13.5. The minimum Gasteiger partial charge on any atom is -0.432 e. The van der Waals surface area contributed by atoms with Gasteiger partial charge in [0.05, 0.1) is 12.7 Å². The fourth-order valence-electron chi connectivity index (χ4n) is 2.02. The van der Waals surface area contributed by atoms with E-state index < -0.39 is 24.2 Å². The maximum absolute atomic E-state index is 13.5. The van der Waals surface area contributed by atoms with Gasteiger partial charge < -0.3 is 20.1 Å². The minimum atomic E-state index is -3.11. The average Bonchev–Trinajstić information content (AvgIpc) is 2.42. The lowest BCUT2D eigenvalue weighted by molar-refractivity contribution is -0.123. The van der Waals surface area contributed by atoms with Crippen molar-refractivity contribution in [2.45, 2.75) is 25.7 Å². The van der Waals surface area contributed by atoms with Gasteiger partial charge in [-0.15, -0.1) is 0 Å². The van der Waals surface area contributed by atoms with Crippen molar-refractivity contribution >= 4 is 11.6 Å². The number of halogens is 3. The Balaban J connectivity index is 2.02. The summed E-state index contributed by atoms with van der Waals surface area (Å²) in [6.45, 7) is -0.308. The van der Waals surface area contributed by atoms with Crippen LogP contribution in [0.3, 0.4) is 0 Å². The van der Waals surface area contributed by atoms with Crippen molar-refractivity contribution in [1.82, 2.24) is 5.32 Å². The van der Waals surface area contributed by atoms with E-state index in [1.165, 1.54) is 6.07 Å². The zero-order valence-corrected chi connectivity index (χ0v) is 11.2. The summed E-state index contributed by atoms with van der Waals surface area (Å²) in [7, 11) is 0. The number of carbonyl (C=O) groups excluding carboxylic acids is 1. The smallest absolute Gasteiger partial charge is 0.387 e. The first-order chi connectivity index (χ1) is 9.97. The summed E-state index contributed by atoms with van der Waals surface area (Å²) in [6, 6.07) is 2.68. The summed E-state index contributed by atoms with van der Waals surface area (Å²) in [5, 5.41) is 5.49. The molecule has 2 rings (SSSR count). The number of hydrogen-bond acceptors (Lipinski definition) is 4. The summed E-state index contributed by atoms with van der Waals surface area (Å²) in [5.41, 5.74) is 0.152. The van der Waals surface area contributed by atoms with E-state index in [0.29, 0.717) is 13.2 Å². The lowest BCUT2D eigenvalue weighted by Crippen LogP contribution is -2.53. The molecule has 2 N–H and O–H groups in total.